The van der Waals surface area contributed by atoms with Crippen LogP contribution in [0, 0.1) is 19.8 Å². The van der Waals surface area contributed by atoms with E-state index in [9.17, 15) is 4.79 Å². The summed E-state index contributed by atoms with van der Waals surface area (Å²) < 4.78 is 16.9. The number of ether oxygens (including phenoxy) is 2. The predicted molar refractivity (Wildman–Crippen MR) is 102 cm³/mol. The highest BCUT2D eigenvalue weighted by molar-refractivity contribution is 5.76. The van der Waals surface area contributed by atoms with Crippen molar-refractivity contribution >= 4 is 5.91 Å². The first kappa shape index (κ1) is 19.2. The number of hydrogen-bond donors (Lipinski definition) is 1. The Morgan fingerprint density at radius 3 is 2.56 bits per heavy atom. The van der Waals surface area contributed by atoms with E-state index in [1.165, 1.54) is 0 Å². The van der Waals surface area contributed by atoms with Crippen molar-refractivity contribution in [2.24, 2.45) is 11.7 Å². The molecule has 0 unspecified atom stereocenters. The average molecular weight is 373 g/mol. The van der Waals surface area contributed by atoms with Gasteiger partial charge in [0.05, 0.1) is 25.5 Å². The Hall–Kier alpha value is -2.54. The highest BCUT2D eigenvalue weighted by Gasteiger charge is 2.25. The van der Waals surface area contributed by atoms with E-state index in [-0.39, 0.29) is 11.8 Å². The van der Waals surface area contributed by atoms with Crippen LogP contribution in [0.3, 0.4) is 0 Å². The van der Waals surface area contributed by atoms with Crippen LogP contribution in [-0.4, -0.2) is 43.1 Å². The Bertz CT molecular complexity index is 823. The maximum Gasteiger partial charge on any atom is 0.230 e. The van der Waals surface area contributed by atoms with Crippen molar-refractivity contribution in [2.45, 2.75) is 33.2 Å². The molecule has 1 fully saturated rings. The van der Waals surface area contributed by atoms with E-state index in [2.05, 4.69) is 4.90 Å². The second-order valence-corrected chi connectivity index (χ2v) is 6.95. The van der Waals surface area contributed by atoms with Crippen molar-refractivity contribution in [1.29, 1.82) is 0 Å². The number of aryl methyl sites for hydroxylation is 1. The molecule has 146 valence electrons. The molecule has 1 aliphatic heterocycles. The normalized spacial score (nSPS) is 15.7. The standard InChI is InChI=1S/C20H27N3O4/c1-12-17(25-3)6-5-15(18(12)26-4)20-22-16(13(2)27-20)11-23-9-7-14(8-10-23)19(21)24/h5-6,14H,7-11H2,1-4H3,(H2,21,24). The smallest absolute Gasteiger partial charge is 0.230 e. The number of primary amides is 1. The number of nitrogens with two attached hydrogens (primary N) is 1. The molecule has 0 atom stereocenters. The molecule has 0 radical (unpaired) electrons. The summed E-state index contributed by atoms with van der Waals surface area (Å²) in [5.41, 5.74) is 8.02. The number of methoxy groups -OCH3 is 2. The van der Waals surface area contributed by atoms with E-state index in [4.69, 9.17) is 24.6 Å². The monoisotopic (exact) mass is 373 g/mol. The minimum Gasteiger partial charge on any atom is -0.496 e. The maximum absolute atomic E-state index is 11.3. The predicted octanol–water partition coefficient (Wildman–Crippen LogP) is 2.67. The number of amides is 1. The van der Waals surface area contributed by atoms with Gasteiger partial charge in [-0.2, -0.15) is 0 Å². The lowest BCUT2D eigenvalue weighted by Crippen LogP contribution is -2.38. The lowest BCUT2D eigenvalue weighted by Gasteiger charge is -2.29. The topological polar surface area (TPSA) is 90.8 Å². The summed E-state index contributed by atoms with van der Waals surface area (Å²) in [5, 5.41) is 0. The third kappa shape index (κ3) is 3.93. The van der Waals surface area contributed by atoms with E-state index in [1.54, 1.807) is 14.2 Å². The second kappa shape index (κ2) is 8.00. The van der Waals surface area contributed by atoms with Gasteiger partial charge in [0.15, 0.2) is 0 Å². The number of carbonyl (C=O) groups excluding carboxylic acids is 1. The van der Waals surface area contributed by atoms with Gasteiger partial charge in [-0.05, 0) is 51.9 Å². The zero-order valence-electron chi connectivity index (χ0n) is 16.4. The van der Waals surface area contributed by atoms with E-state index in [1.807, 2.05) is 26.0 Å². The first-order valence-corrected chi connectivity index (χ1v) is 9.14. The number of piperidine rings is 1. The third-order valence-electron chi connectivity index (χ3n) is 5.27. The van der Waals surface area contributed by atoms with Gasteiger partial charge in [0.25, 0.3) is 0 Å². The van der Waals surface area contributed by atoms with Crippen LogP contribution in [0.4, 0.5) is 0 Å². The van der Waals surface area contributed by atoms with Gasteiger partial charge in [-0.15, -0.1) is 0 Å². The van der Waals surface area contributed by atoms with Crippen LogP contribution < -0.4 is 15.2 Å². The Morgan fingerprint density at radius 2 is 1.96 bits per heavy atom. The molecule has 1 aromatic heterocycles. The van der Waals surface area contributed by atoms with Crippen molar-refractivity contribution in [3.8, 4) is 23.0 Å². The highest BCUT2D eigenvalue weighted by atomic mass is 16.5. The largest absolute Gasteiger partial charge is 0.496 e. The van der Waals surface area contributed by atoms with E-state index >= 15 is 0 Å². The SMILES string of the molecule is COc1ccc(-c2nc(CN3CCC(C(N)=O)CC3)c(C)o2)c(OC)c1C. The quantitative estimate of drug-likeness (QED) is 0.837. The molecule has 1 aromatic carbocycles. The molecule has 1 amide bonds. The molecule has 2 N–H and O–H groups in total. The third-order valence-corrected chi connectivity index (χ3v) is 5.27. The number of oxazole rings is 1. The van der Waals surface area contributed by atoms with E-state index in [0.717, 1.165) is 54.3 Å². The number of likely N-dealkylation sites (tertiary alicyclic amines) is 1. The van der Waals surface area contributed by atoms with Gasteiger partial charge >= 0.3 is 0 Å². The van der Waals surface area contributed by atoms with Gasteiger partial charge in [0.2, 0.25) is 11.8 Å². The first-order valence-electron chi connectivity index (χ1n) is 9.14. The zero-order chi connectivity index (χ0) is 19.6. The van der Waals surface area contributed by atoms with Crippen LogP contribution in [0.15, 0.2) is 16.5 Å². The summed E-state index contributed by atoms with van der Waals surface area (Å²) in [5.74, 6) is 2.58. The van der Waals surface area contributed by atoms with Gasteiger partial charge in [-0.25, -0.2) is 4.98 Å². The number of benzene rings is 1. The summed E-state index contributed by atoms with van der Waals surface area (Å²) in [6, 6.07) is 3.79. The summed E-state index contributed by atoms with van der Waals surface area (Å²) in [6.45, 7) is 6.23. The van der Waals surface area contributed by atoms with Crippen molar-refractivity contribution in [3.63, 3.8) is 0 Å². The van der Waals surface area contributed by atoms with Gasteiger partial charge in [-0.1, -0.05) is 0 Å². The molecule has 0 saturated carbocycles. The van der Waals surface area contributed by atoms with Crippen molar-refractivity contribution in [2.75, 3.05) is 27.3 Å². The minimum atomic E-state index is -0.198. The molecule has 3 rings (SSSR count). The zero-order valence-corrected chi connectivity index (χ0v) is 16.4. The lowest BCUT2D eigenvalue weighted by atomic mass is 9.96. The molecule has 2 aromatic rings. The van der Waals surface area contributed by atoms with Gasteiger partial charge in [0, 0.05) is 18.0 Å². The molecule has 0 aliphatic carbocycles. The van der Waals surface area contributed by atoms with Crippen molar-refractivity contribution in [1.82, 2.24) is 9.88 Å². The maximum atomic E-state index is 11.3. The number of carbonyl (C=O) groups is 1. The van der Waals surface area contributed by atoms with Gasteiger partial charge in [0.1, 0.15) is 17.3 Å². The number of rotatable bonds is 6. The molecule has 0 spiro atoms. The molecule has 1 saturated heterocycles. The Balaban J connectivity index is 1.79. The molecule has 7 heteroatoms. The molecule has 27 heavy (non-hydrogen) atoms. The van der Waals surface area contributed by atoms with Crippen LogP contribution >= 0.6 is 0 Å². The molecule has 7 nitrogen and oxygen atoms in total. The fourth-order valence-electron chi connectivity index (χ4n) is 3.60. The minimum absolute atomic E-state index is 0.0123. The van der Waals surface area contributed by atoms with Gasteiger partial charge in [-0.3, -0.25) is 9.69 Å². The fraction of sp³-hybridized carbons (Fsp3) is 0.500. The van der Waals surface area contributed by atoms with Crippen LogP contribution in [0.25, 0.3) is 11.5 Å². The molecular weight excluding hydrogens is 346 g/mol. The van der Waals surface area contributed by atoms with Crippen molar-refractivity contribution < 1.29 is 18.7 Å². The number of nitrogens with zero attached hydrogens (tertiary/aromatic N) is 2. The summed E-state index contributed by atoms with van der Waals surface area (Å²) in [6.07, 6.45) is 1.59. The average Bonchev–Trinajstić information content (AvgIpc) is 3.02. The fourth-order valence-corrected chi connectivity index (χ4v) is 3.60. The second-order valence-electron chi connectivity index (χ2n) is 6.95. The first-order chi connectivity index (χ1) is 12.9. The summed E-state index contributed by atoms with van der Waals surface area (Å²) in [7, 11) is 3.26. The Morgan fingerprint density at radius 1 is 1.26 bits per heavy atom. The number of hydrogen-bond acceptors (Lipinski definition) is 6. The van der Waals surface area contributed by atoms with Crippen LogP contribution in [0.5, 0.6) is 11.5 Å². The molecular formula is C20H27N3O4. The Kier molecular flexibility index (Phi) is 5.70. The van der Waals surface area contributed by atoms with Gasteiger partial charge < -0.3 is 19.6 Å². The highest BCUT2D eigenvalue weighted by Crippen LogP contribution is 2.38. The Labute approximate surface area is 159 Å². The summed E-state index contributed by atoms with van der Waals surface area (Å²) >= 11 is 0. The molecule has 0 bridgehead atoms. The van der Waals surface area contributed by atoms with E-state index < -0.39 is 0 Å². The van der Waals surface area contributed by atoms with Crippen LogP contribution in [0.2, 0.25) is 0 Å². The summed E-state index contributed by atoms with van der Waals surface area (Å²) in [4.78, 5) is 18.3. The van der Waals surface area contributed by atoms with Crippen LogP contribution in [0.1, 0.15) is 29.9 Å². The van der Waals surface area contributed by atoms with E-state index in [0.29, 0.717) is 18.2 Å². The molecule has 1 aliphatic rings. The van der Waals surface area contributed by atoms with Crippen LogP contribution in [-0.2, 0) is 11.3 Å². The van der Waals surface area contributed by atoms with Crippen molar-refractivity contribution in [3.05, 3.63) is 29.2 Å². The molecule has 2 heterocycles. The number of aromatic nitrogens is 1. The lowest BCUT2D eigenvalue weighted by molar-refractivity contribution is -0.123.